The molecule has 10 nitrogen and oxygen atoms in total. The topological polar surface area (TPSA) is 177 Å². The highest BCUT2D eigenvalue weighted by Crippen LogP contribution is 2.31. The first-order valence-electron chi connectivity index (χ1n) is 9.35. The van der Waals surface area contributed by atoms with Crippen molar-refractivity contribution in [3.63, 3.8) is 0 Å². The van der Waals surface area contributed by atoms with E-state index < -0.39 is 27.9 Å². The van der Waals surface area contributed by atoms with Gasteiger partial charge in [-0.25, -0.2) is 13.2 Å². The van der Waals surface area contributed by atoms with E-state index in [4.69, 9.17) is 11.5 Å². The minimum Gasteiger partial charge on any atom is -0.480 e. The second kappa shape index (κ2) is 9.97. The molecular weight excluding hydrogens is 474 g/mol. The Labute approximate surface area is 192 Å². The molecule has 0 aliphatic heterocycles. The summed E-state index contributed by atoms with van der Waals surface area (Å²) >= 11 is 2.12. The first kappa shape index (κ1) is 23.5. The van der Waals surface area contributed by atoms with Crippen LogP contribution in [0.25, 0.3) is 10.1 Å². The first-order chi connectivity index (χ1) is 15.2. The third-order valence-corrected chi connectivity index (χ3v) is 8.20. The minimum atomic E-state index is -3.93. The second-order valence-electron chi connectivity index (χ2n) is 6.69. The number of hydrogen-bond acceptors (Lipinski definition) is 7. The standard InChI is InChI=1S/C19H21N5O5S3/c20-19(21)22-8-3-5-13(18(26)27)23-17(25)16-12(7-9-30-16)24-32(28,29)15-10-11-4-1-2-6-14(11)31-15/h1-2,4,6-7,9-10,13,24H,3,5,8H2,(H,23,25)(H,26,27)(H4,20,21,22)/t13-/m0/s1. The Bertz CT molecular complexity index is 1230. The lowest BCUT2D eigenvalue weighted by Gasteiger charge is -2.14. The molecule has 0 bridgehead atoms. The van der Waals surface area contributed by atoms with Gasteiger partial charge in [-0.2, -0.15) is 0 Å². The first-order valence-corrected chi connectivity index (χ1v) is 12.5. The number of guanidine groups is 1. The fourth-order valence-electron chi connectivity index (χ4n) is 2.84. The summed E-state index contributed by atoms with van der Waals surface area (Å²) < 4.78 is 29.1. The van der Waals surface area contributed by atoms with Gasteiger partial charge in [0.1, 0.15) is 15.1 Å². The normalized spacial score (nSPS) is 12.2. The van der Waals surface area contributed by atoms with Crippen LogP contribution in [0.2, 0.25) is 0 Å². The van der Waals surface area contributed by atoms with Gasteiger partial charge in [0, 0.05) is 11.2 Å². The lowest BCUT2D eigenvalue weighted by Crippen LogP contribution is -2.40. The minimum absolute atomic E-state index is 0.0603. The van der Waals surface area contributed by atoms with Crippen molar-refractivity contribution in [2.45, 2.75) is 23.1 Å². The van der Waals surface area contributed by atoms with Crippen molar-refractivity contribution in [2.24, 2.45) is 16.5 Å². The molecular formula is C19H21N5O5S3. The van der Waals surface area contributed by atoms with Gasteiger partial charge in [0.2, 0.25) is 0 Å². The van der Waals surface area contributed by atoms with Crippen molar-refractivity contribution < 1.29 is 23.1 Å². The van der Waals surface area contributed by atoms with Gasteiger partial charge in [-0.3, -0.25) is 14.5 Å². The third kappa shape index (κ3) is 5.75. The third-order valence-electron chi connectivity index (χ3n) is 4.33. The number of nitrogens with one attached hydrogen (secondary N) is 2. The summed E-state index contributed by atoms with van der Waals surface area (Å²) in [6.07, 6.45) is 0.442. The van der Waals surface area contributed by atoms with Crippen LogP contribution in [-0.4, -0.2) is 43.9 Å². The molecule has 1 amide bonds. The smallest absolute Gasteiger partial charge is 0.326 e. The highest BCUT2D eigenvalue weighted by molar-refractivity contribution is 7.94. The zero-order chi connectivity index (χ0) is 23.3. The Morgan fingerprint density at radius 1 is 1.19 bits per heavy atom. The summed E-state index contributed by atoms with van der Waals surface area (Å²) in [5, 5.41) is 14.2. The summed E-state index contributed by atoms with van der Waals surface area (Å²) in [6.45, 7) is 0.223. The maximum atomic E-state index is 12.8. The molecule has 0 spiro atoms. The van der Waals surface area contributed by atoms with Gasteiger partial charge in [0.25, 0.3) is 15.9 Å². The van der Waals surface area contributed by atoms with Crippen LogP contribution in [-0.2, 0) is 14.8 Å². The van der Waals surface area contributed by atoms with E-state index in [0.29, 0.717) is 6.42 Å². The molecule has 32 heavy (non-hydrogen) atoms. The molecule has 3 rings (SSSR count). The van der Waals surface area contributed by atoms with Gasteiger partial charge in [-0.05, 0) is 41.8 Å². The van der Waals surface area contributed by atoms with Gasteiger partial charge in [0.15, 0.2) is 5.96 Å². The largest absolute Gasteiger partial charge is 0.480 e. The van der Waals surface area contributed by atoms with E-state index in [9.17, 15) is 23.1 Å². The van der Waals surface area contributed by atoms with E-state index in [-0.39, 0.29) is 33.7 Å². The zero-order valence-electron chi connectivity index (χ0n) is 16.6. The number of aliphatic carboxylic acids is 1. The average molecular weight is 496 g/mol. The number of sulfonamides is 1. The number of hydrogen-bond donors (Lipinski definition) is 5. The number of nitrogens with two attached hydrogens (primary N) is 2. The van der Waals surface area contributed by atoms with Crippen LogP contribution in [0.15, 0.2) is 51.0 Å². The van der Waals surface area contributed by atoms with Crippen LogP contribution >= 0.6 is 22.7 Å². The monoisotopic (exact) mass is 495 g/mol. The predicted molar refractivity (Wildman–Crippen MR) is 126 cm³/mol. The van der Waals surface area contributed by atoms with Gasteiger partial charge in [-0.1, -0.05) is 18.2 Å². The van der Waals surface area contributed by atoms with Crippen LogP contribution in [0.5, 0.6) is 0 Å². The molecule has 13 heteroatoms. The predicted octanol–water partition coefficient (Wildman–Crippen LogP) is 2.00. The maximum absolute atomic E-state index is 12.8. The molecule has 3 aromatic rings. The average Bonchev–Trinajstić information content (AvgIpc) is 3.36. The van der Waals surface area contributed by atoms with Crippen LogP contribution < -0.4 is 21.5 Å². The van der Waals surface area contributed by atoms with Crippen molar-refractivity contribution in [3.05, 3.63) is 46.7 Å². The van der Waals surface area contributed by atoms with Crippen molar-refractivity contribution in [1.82, 2.24) is 5.32 Å². The number of thiophene rings is 2. The van der Waals surface area contributed by atoms with Crippen molar-refractivity contribution in [1.29, 1.82) is 0 Å². The molecule has 0 saturated carbocycles. The molecule has 0 aliphatic carbocycles. The SMILES string of the molecule is NC(N)=NCCC[C@H](NC(=O)c1sccc1NS(=O)(=O)c1cc2ccccc2s1)C(=O)O. The van der Waals surface area contributed by atoms with Crippen molar-refractivity contribution in [3.8, 4) is 0 Å². The van der Waals surface area contributed by atoms with Crippen molar-refractivity contribution >= 4 is 66.3 Å². The number of benzene rings is 1. The van der Waals surface area contributed by atoms with Gasteiger partial charge in [-0.15, -0.1) is 22.7 Å². The van der Waals surface area contributed by atoms with Crippen LogP contribution in [0.4, 0.5) is 5.69 Å². The number of carbonyl (C=O) groups excluding carboxylic acids is 1. The van der Waals surface area contributed by atoms with Crippen LogP contribution in [0, 0.1) is 0 Å². The van der Waals surface area contributed by atoms with E-state index in [1.807, 2.05) is 24.3 Å². The fourth-order valence-corrected chi connectivity index (χ4v) is 6.12. The number of amides is 1. The molecule has 0 fully saturated rings. The van der Waals surface area contributed by atoms with Crippen LogP contribution in [0.1, 0.15) is 22.5 Å². The number of carboxylic acids is 1. The van der Waals surface area contributed by atoms with Crippen molar-refractivity contribution in [2.75, 3.05) is 11.3 Å². The zero-order valence-corrected chi connectivity index (χ0v) is 19.1. The van der Waals surface area contributed by atoms with E-state index in [2.05, 4.69) is 15.0 Å². The van der Waals surface area contributed by atoms with E-state index in [1.165, 1.54) is 6.07 Å². The molecule has 2 heterocycles. The van der Waals surface area contributed by atoms with Gasteiger partial charge >= 0.3 is 5.97 Å². The Morgan fingerprint density at radius 3 is 2.62 bits per heavy atom. The van der Waals surface area contributed by atoms with Gasteiger partial charge < -0.3 is 21.9 Å². The summed E-state index contributed by atoms with van der Waals surface area (Å²) in [7, 11) is -3.93. The number of aliphatic imine (C=N–C) groups is 1. The number of anilines is 1. The number of rotatable bonds is 10. The number of nitrogens with zero attached hydrogens (tertiary/aromatic N) is 1. The molecule has 0 radical (unpaired) electrons. The van der Waals surface area contributed by atoms with E-state index >= 15 is 0 Å². The molecule has 170 valence electrons. The number of carboxylic acid groups (broad SMARTS) is 1. The Hall–Kier alpha value is -3.16. The maximum Gasteiger partial charge on any atom is 0.326 e. The Kier molecular flexibility index (Phi) is 7.33. The van der Waals surface area contributed by atoms with E-state index in [1.54, 1.807) is 11.4 Å². The lowest BCUT2D eigenvalue weighted by molar-refractivity contribution is -0.139. The van der Waals surface area contributed by atoms with Gasteiger partial charge in [0.05, 0.1) is 5.69 Å². The highest BCUT2D eigenvalue weighted by Gasteiger charge is 2.25. The Morgan fingerprint density at radius 2 is 1.94 bits per heavy atom. The number of fused-ring (bicyclic) bond motifs is 1. The molecule has 2 aromatic heterocycles. The summed E-state index contributed by atoms with van der Waals surface area (Å²) in [4.78, 5) is 28.0. The Balaban J connectivity index is 1.72. The number of carbonyl (C=O) groups is 2. The lowest BCUT2D eigenvalue weighted by atomic mass is 10.1. The van der Waals surface area contributed by atoms with E-state index in [0.717, 1.165) is 32.8 Å². The molecule has 1 atom stereocenters. The summed E-state index contributed by atoms with van der Waals surface area (Å²) in [6, 6.07) is 9.11. The molecule has 1 aromatic carbocycles. The molecule has 0 aliphatic rings. The molecule has 0 unspecified atom stereocenters. The highest BCUT2D eigenvalue weighted by atomic mass is 32.2. The second-order valence-corrected chi connectivity index (χ2v) is 10.6. The molecule has 7 N–H and O–H groups in total. The quantitative estimate of drug-likeness (QED) is 0.162. The molecule has 0 saturated heterocycles. The van der Waals surface area contributed by atoms with Crippen LogP contribution in [0.3, 0.4) is 0 Å². The fraction of sp³-hybridized carbons (Fsp3) is 0.211. The summed E-state index contributed by atoms with van der Waals surface area (Å²) in [5.41, 5.74) is 10.5. The summed E-state index contributed by atoms with van der Waals surface area (Å²) in [5.74, 6) is -2.01.